The SMILES string of the molecule is C[C@@H](OC(=O)[C@@H](N)CCCCN)[C@H](N)C(=O)O.NC(N)=NCCC[C@H](N)C(=O)O.NCC(=O)O.N[C@@H](Cc1ccc(O)cc1)C(=O)O.O=C(O)[C@@H]1CCCN1. The van der Waals surface area contributed by atoms with Gasteiger partial charge in [-0.1, -0.05) is 18.6 Å². The van der Waals surface area contributed by atoms with Crippen molar-refractivity contribution in [2.75, 3.05) is 26.2 Å². The van der Waals surface area contributed by atoms with Crippen molar-refractivity contribution in [3.05, 3.63) is 29.8 Å². The number of esters is 1. The van der Waals surface area contributed by atoms with E-state index in [1.807, 2.05) is 0 Å². The van der Waals surface area contributed by atoms with Crippen LogP contribution in [0.15, 0.2) is 29.3 Å². The lowest BCUT2D eigenvalue weighted by atomic mass is 10.1. The maximum Gasteiger partial charge on any atom is 0.324 e. The van der Waals surface area contributed by atoms with Gasteiger partial charge in [0.25, 0.3) is 0 Å². The molecule has 6 atom stereocenters. The van der Waals surface area contributed by atoms with Crippen molar-refractivity contribution >= 4 is 41.8 Å². The molecule has 55 heavy (non-hydrogen) atoms. The van der Waals surface area contributed by atoms with Crippen molar-refractivity contribution in [3.8, 4) is 5.75 Å². The van der Waals surface area contributed by atoms with Crippen LogP contribution in [0.1, 0.15) is 57.4 Å². The Morgan fingerprint density at radius 1 is 0.818 bits per heavy atom. The number of carbonyl (C=O) groups excluding carboxylic acids is 1. The second-order valence-electron chi connectivity index (χ2n) is 11.7. The topological polar surface area (TPSA) is 466 Å². The molecule has 23 nitrogen and oxygen atoms in total. The van der Waals surface area contributed by atoms with Crippen LogP contribution in [0.5, 0.6) is 5.75 Å². The van der Waals surface area contributed by atoms with Gasteiger partial charge in [0.1, 0.15) is 42.1 Å². The molecule has 2 rings (SSSR count). The maximum atomic E-state index is 11.4. The molecule has 0 aliphatic carbocycles. The number of guanidine groups is 1. The molecule has 0 bridgehead atoms. The van der Waals surface area contributed by atoms with Crippen LogP contribution in [-0.2, 0) is 39.9 Å². The van der Waals surface area contributed by atoms with Crippen LogP contribution in [0.2, 0.25) is 0 Å². The van der Waals surface area contributed by atoms with Gasteiger partial charge in [-0.3, -0.25) is 33.8 Å². The predicted octanol–water partition coefficient (Wildman–Crippen LogP) is -3.56. The van der Waals surface area contributed by atoms with Gasteiger partial charge in [-0.25, -0.2) is 0 Å². The van der Waals surface area contributed by atoms with Crippen molar-refractivity contribution in [3.63, 3.8) is 0 Å². The zero-order chi connectivity index (χ0) is 43.1. The summed E-state index contributed by atoms with van der Waals surface area (Å²) in [4.78, 5) is 65.7. The number of aliphatic carboxylic acids is 5. The molecule has 1 heterocycles. The van der Waals surface area contributed by atoms with Crippen molar-refractivity contribution in [2.45, 2.75) is 94.6 Å². The van der Waals surface area contributed by atoms with Crippen molar-refractivity contribution < 1.29 is 64.1 Å². The quantitative estimate of drug-likeness (QED) is 0.0296. The van der Waals surface area contributed by atoms with E-state index in [9.17, 15) is 28.8 Å². The maximum absolute atomic E-state index is 11.4. The van der Waals surface area contributed by atoms with E-state index in [0.29, 0.717) is 32.4 Å². The highest BCUT2D eigenvalue weighted by atomic mass is 16.5. The number of aromatic hydroxyl groups is 1. The predicted molar refractivity (Wildman–Crippen MR) is 200 cm³/mol. The summed E-state index contributed by atoms with van der Waals surface area (Å²) in [5.74, 6) is -5.39. The lowest BCUT2D eigenvalue weighted by Gasteiger charge is -2.19. The number of carboxylic acid groups (broad SMARTS) is 5. The fourth-order valence-corrected chi connectivity index (χ4v) is 3.68. The number of rotatable bonds is 18. The lowest BCUT2D eigenvalue weighted by molar-refractivity contribution is -0.155. The number of benzene rings is 1. The van der Waals surface area contributed by atoms with E-state index in [0.717, 1.165) is 37.8 Å². The molecule has 1 saturated heterocycles. The number of ether oxygens (including phenoxy) is 1. The molecular formula is C32H60N10O13. The number of nitrogens with two attached hydrogens (primary N) is 8. The molecule has 1 aromatic carbocycles. The highest BCUT2D eigenvalue weighted by Gasteiger charge is 2.26. The van der Waals surface area contributed by atoms with Crippen LogP contribution >= 0.6 is 0 Å². The van der Waals surface area contributed by atoms with Gasteiger partial charge in [-0.15, -0.1) is 0 Å². The van der Waals surface area contributed by atoms with Crippen molar-refractivity contribution in [1.29, 1.82) is 0 Å². The Hall–Kier alpha value is -5.17. The Balaban J connectivity index is -0.000000643. The van der Waals surface area contributed by atoms with Crippen molar-refractivity contribution in [2.24, 2.45) is 50.9 Å². The third-order valence-corrected chi connectivity index (χ3v) is 6.89. The van der Waals surface area contributed by atoms with E-state index >= 15 is 0 Å². The summed E-state index contributed by atoms with van der Waals surface area (Å²) in [7, 11) is 0. The third-order valence-electron chi connectivity index (χ3n) is 6.89. The lowest BCUT2D eigenvalue weighted by Crippen LogP contribution is -2.45. The fraction of sp³-hybridized carbons (Fsp3) is 0.594. The first-order valence-electron chi connectivity index (χ1n) is 16.9. The van der Waals surface area contributed by atoms with Gasteiger partial charge in [0.05, 0.1) is 6.54 Å². The Morgan fingerprint density at radius 3 is 1.73 bits per heavy atom. The normalized spacial score (nSPS) is 15.3. The summed E-state index contributed by atoms with van der Waals surface area (Å²) in [5, 5.41) is 53.3. The Kier molecular flexibility index (Phi) is 31.8. The van der Waals surface area contributed by atoms with Crippen LogP contribution in [0, 0.1) is 0 Å². The van der Waals surface area contributed by atoms with Gasteiger partial charge in [0.15, 0.2) is 5.96 Å². The summed E-state index contributed by atoms with van der Waals surface area (Å²) < 4.78 is 4.86. The highest BCUT2D eigenvalue weighted by molar-refractivity contribution is 5.78. The first-order valence-corrected chi connectivity index (χ1v) is 16.9. The number of hydrogen-bond donors (Lipinski definition) is 15. The number of phenols is 1. The molecule has 1 aliphatic rings. The molecule has 0 amide bonds. The average molecular weight is 793 g/mol. The van der Waals surface area contributed by atoms with Crippen LogP contribution < -0.4 is 51.2 Å². The molecule has 1 aliphatic heterocycles. The number of hydrogen-bond acceptors (Lipinski definition) is 16. The first-order chi connectivity index (χ1) is 25.6. The van der Waals surface area contributed by atoms with Crippen LogP contribution in [0.4, 0.5) is 0 Å². The minimum Gasteiger partial charge on any atom is -0.508 e. The zero-order valence-electron chi connectivity index (χ0n) is 30.9. The largest absolute Gasteiger partial charge is 0.508 e. The summed E-state index contributed by atoms with van der Waals surface area (Å²) in [6, 6.07) is 2.34. The van der Waals surface area contributed by atoms with E-state index in [-0.39, 0.29) is 30.7 Å². The van der Waals surface area contributed by atoms with Crippen LogP contribution in [-0.4, -0.2) is 135 Å². The molecule has 0 aromatic heterocycles. The number of carboxylic acids is 5. The number of nitrogens with zero attached hydrogens (tertiary/aromatic N) is 1. The summed E-state index contributed by atoms with van der Waals surface area (Å²) in [6.07, 6.45) is 4.09. The van der Waals surface area contributed by atoms with Gasteiger partial charge in [0, 0.05) is 6.54 Å². The molecule has 0 saturated carbocycles. The molecule has 23 heteroatoms. The Labute approximate surface area is 318 Å². The van der Waals surface area contributed by atoms with E-state index in [2.05, 4.69) is 16.0 Å². The zero-order valence-corrected chi connectivity index (χ0v) is 30.9. The fourth-order valence-electron chi connectivity index (χ4n) is 3.68. The minimum atomic E-state index is -1.24. The van der Waals surface area contributed by atoms with E-state index < -0.39 is 66.1 Å². The van der Waals surface area contributed by atoms with E-state index in [4.69, 9.17) is 75.5 Å². The van der Waals surface area contributed by atoms with Crippen molar-refractivity contribution in [1.82, 2.24) is 5.32 Å². The summed E-state index contributed by atoms with van der Waals surface area (Å²) >= 11 is 0. The number of aliphatic imine (C=N–C) groups is 1. The van der Waals surface area contributed by atoms with Gasteiger partial charge in [-0.05, 0) is 82.7 Å². The number of nitrogens with one attached hydrogen (secondary N) is 1. The highest BCUT2D eigenvalue weighted by Crippen LogP contribution is 2.11. The average Bonchev–Trinajstić information content (AvgIpc) is 3.67. The second-order valence-corrected chi connectivity index (χ2v) is 11.7. The van der Waals surface area contributed by atoms with Crippen LogP contribution in [0.25, 0.3) is 0 Å². The smallest absolute Gasteiger partial charge is 0.324 e. The summed E-state index contributed by atoms with van der Waals surface area (Å²) in [6.45, 7) is 2.96. The standard InChI is InChI=1S/C10H21N3O4.C9H11NO3.C6H14N4O2.C5H9NO2.C2H5NO2/c1-6(8(13)9(14)15)17-10(16)7(12)4-2-3-5-11;10-8(9(12)13)5-6-1-3-7(11)4-2-6;7-4(5(11)12)2-1-3-10-6(8)9;7-5(8)4-2-1-3-6-4;3-1-2(4)5/h6-8H,2-5,11-13H2,1H3,(H,14,15);1-4,8,11H,5,10H2,(H,12,13);4H,1-3,7H2,(H,11,12)(H4,8,9,10);4,6H,1-3H2,(H,7,8);1,3H2,(H,4,5)/t6-,7+,8+;8-;2*4-;/m1000./s1. The van der Waals surface area contributed by atoms with Gasteiger partial charge in [-0.2, -0.15) is 0 Å². The Bertz CT molecular complexity index is 1300. The van der Waals surface area contributed by atoms with Gasteiger partial charge < -0.3 is 86.6 Å². The van der Waals surface area contributed by atoms with Gasteiger partial charge >= 0.3 is 35.8 Å². The number of unbranched alkanes of at least 4 members (excludes halogenated alkanes) is 1. The molecule has 1 aromatic rings. The van der Waals surface area contributed by atoms with E-state index in [1.165, 1.54) is 19.1 Å². The Morgan fingerprint density at radius 2 is 1.35 bits per heavy atom. The summed E-state index contributed by atoms with van der Waals surface area (Å²) in [5.41, 5.74) is 42.2. The number of phenolic OH excluding ortho intramolecular Hbond substituents is 1. The first kappa shape index (κ1) is 54.2. The molecule has 1 fully saturated rings. The number of carbonyl (C=O) groups is 6. The molecule has 0 spiro atoms. The molecular weight excluding hydrogens is 732 g/mol. The molecule has 0 unspecified atom stereocenters. The molecule has 316 valence electrons. The second kappa shape index (κ2) is 32.3. The monoisotopic (exact) mass is 792 g/mol. The molecule has 23 N–H and O–H groups in total. The minimum absolute atomic E-state index is 0.0129. The molecule has 0 radical (unpaired) electrons. The third kappa shape index (κ3) is 32.0. The van der Waals surface area contributed by atoms with Gasteiger partial charge in [0.2, 0.25) is 0 Å². The van der Waals surface area contributed by atoms with E-state index in [1.54, 1.807) is 12.1 Å². The van der Waals surface area contributed by atoms with Crippen LogP contribution in [0.3, 0.4) is 0 Å².